The van der Waals surface area contributed by atoms with Crippen LogP contribution >= 0.6 is 0 Å². The van der Waals surface area contributed by atoms with Crippen molar-refractivity contribution in [3.63, 3.8) is 0 Å². The number of nitrogens with zero attached hydrogens (tertiary/aromatic N) is 3. The normalized spacial score (nSPS) is 10.7. The highest BCUT2D eigenvalue weighted by atomic mass is 15.4. The molecule has 0 saturated heterocycles. The maximum atomic E-state index is 4.15. The van der Waals surface area contributed by atoms with Gasteiger partial charge in [0, 0.05) is 0 Å². The Hall–Kier alpha value is -1.68. The van der Waals surface area contributed by atoms with Crippen molar-refractivity contribution in [3.8, 4) is 5.69 Å². The van der Waals surface area contributed by atoms with Gasteiger partial charge in [0.15, 0.2) is 0 Å². The molecule has 1 heterocycles. The van der Waals surface area contributed by atoms with Crippen molar-refractivity contribution in [2.24, 2.45) is 0 Å². The van der Waals surface area contributed by atoms with Crippen LogP contribution in [-0.2, 0) is 6.42 Å². The number of hydrogen-bond donors (Lipinski definition) is 1. The topological polar surface area (TPSA) is 42.7 Å². The zero-order valence-electron chi connectivity index (χ0n) is 10.3. The summed E-state index contributed by atoms with van der Waals surface area (Å²) in [5, 5.41) is 11.3. The summed E-state index contributed by atoms with van der Waals surface area (Å²) < 4.78 is 1.92. The van der Waals surface area contributed by atoms with Gasteiger partial charge in [-0.25, -0.2) is 4.68 Å². The molecule has 0 unspecified atom stereocenters. The SMILES string of the molecule is CNCCCc1cnnn1-c1cccc(C)c1. The second-order valence-corrected chi connectivity index (χ2v) is 4.18. The Morgan fingerprint density at radius 3 is 3.00 bits per heavy atom. The molecule has 1 aromatic carbocycles. The van der Waals surface area contributed by atoms with Crippen molar-refractivity contribution >= 4 is 0 Å². The van der Waals surface area contributed by atoms with Gasteiger partial charge in [0.05, 0.1) is 17.6 Å². The second kappa shape index (κ2) is 5.59. The van der Waals surface area contributed by atoms with E-state index in [1.807, 2.05) is 24.0 Å². The first-order valence-corrected chi connectivity index (χ1v) is 5.92. The lowest BCUT2D eigenvalue weighted by atomic mass is 10.2. The summed E-state index contributed by atoms with van der Waals surface area (Å²) in [7, 11) is 1.97. The largest absolute Gasteiger partial charge is 0.320 e. The van der Waals surface area contributed by atoms with E-state index < -0.39 is 0 Å². The lowest BCUT2D eigenvalue weighted by Gasteiger charge is -2.06. The summed E-state index contributed by atoms with van der Waals surface area (Å²) in [5.41, 5.74) is 3.48. The zero-order valence-corrected chi connectivity index (χ0v) is 10.3. The number of benzene rings is 1. The minimum absolute atomic E-state index is 0.988. The van der Waals surface area contributed by atoms with Gasteiger partial charge in [-0.15, -0.1) is 5.10 Å². The minimum atomic E-state index is 0.988. The highest BCUT2D eigenvalue weighted by Gasteiger charge is 2.05. The van der Waals surface area contributed by atoms with Crippen LogP contribution in [0.25, 0.3) is 5.69 Å². The number of hydrogen-bond acceptors (Lipinski definition) is 3. The van der Waals surface area contributed by atoms with Gasteiger partial charge in [0.2, 0.25) is 0 Å². The summed E-state index contributed by atoms with van der Waals surface area (Å²) in [4.78, 5) is 0. The monoisotopic (exact) mass is 230 g/mol. The molecule has 0 atom stereocenters. The van der Waals surface area contributed by atoms with Gasteiger partial charge in [-0.05, 0) is 51.1 Å². The van der Waals surface area contributed by atoms with E-state index in [9.17, 15) is 0 Å². The molecule has 0 amide bonds. The molecule has 1 N–H and O–H groups in total. The zero-order chi connectivity index (χ0) is 12.1. The highest BCUT2D eigenvalue weighted by Crippen LogP contribution is 2.12. The molecule has 17 heavy (non-hydrogen) atoms. The first kappa shape index (κ1) is 11.8. The third kappa shape index (κ3) is 2.91. The molecule has 0 saturated carbocycles. The van der Waals surface area contributed by atoms with E-state index in [0.29, 0.717) is 0 Å². The Morgan fingerprint density at radius 2 is 2.24 bits per heavy atom. The van der Waals surface area contributed by atoms with Gasteiger partial charge in [-0.1, -0.05) is 17.3 Å². The molecule has 0 aliphatic rings. The summed E-state index contributed by atoms with van der Waals surface area (Å²) in [6.45, 7) is 3.10. The van der Waals surface area contributed by atoms with Gasteiger partial charge in [-0.2, -0.15) is 0 Å². The molecular formula is C13H18N4. The molecular weight excluding hydrogens is 212 g/mol. The molecule has 0 radical (unpaired) electrons. The van der Waals surface area contributed by atoms with Gasteiger partial charge >= 0.3 is 0 Å². The van der Waals surface area contributed by atoms with E-state index in [1.165, 1.54) is 5.56 Å². The quantitative estimate of drug-likeness (QED) is 0.795. The molecule has 90 valence electrons. The first-order chi connectivity index (χ1) is 8.31. The lowest BCUT2D eigenvalue weighted by molar-refractivity contribution is 0.687. The number of aryl methyl sites for hydroxylation is 2. The van der Waals surface area contributed by atoms with Gasteiger partial charge in [0.1, 0.15) is 0 Å². The smallest absolute Gasteiger partial charge is 0.0729 e. The van der Waals surface area contributed by atoms with Crippen LogP contribution < -0.4 is 5.32 Å². The number of nitrogens with one attached hydrogen (secondary N) is 1. The van der Waals surface area contributed by atoms with Crippen LogP contribution in [-0.4, -0.2) is 28.6 Å². The fourth-order valence-electron chi connectivity index (χ4n) is 1.85. The fraction of sp³-hybridized carbons (Fsp3) is 0.385. The number of aromatic nitrogens is 3. The molecule has 0 bridgehead atoms. The molecule has 0 aliphatic heterocycles. The standard InChI is InChI=1S/C13H18N4/c1-11-5-3-6-12(9-11)17-13(10-15-16-17)7-4-8-14-2/h3,5-6,9-10,14H,4,7-8H2,1-2H3. The summed E-state index contributed by atoms with van der Waals surface area (Å²) >= 11 is 0. The van der Waals surface area contributed by atoms with Crippen LogP contribution in [0.5, 0.6) is 0 Å². The van der Waals surface area contributed by atoms with Crippen LogP contribution in [0.3, 0.4) is 0 Å². The second-order valence-electron chi connectivity index (χ2n) is 4.18. The van der Waals surface area contributed by atoms with Crippen molar-refractivity contribution in [3.05, 3.63) is 41.7 Å². The van der Waals surface area contributed by atoms with E-state index in [1.54, 1.807) is 0 Å². The Labute approximate surface area is 102 Å². The summed E-state index contributed by atoms with van der Waals surface area (Å²) in [6.07, 6.45) is 3.93. The molecule has 0 spiro atoms. The van der Waals surface area contributed by atoms with Crippen molar-refractivity contribution in [1.29, 1.82) is 0 Å². The molecule has 2 aromatic rings. The van der Waals surface area contributed by atoms with E-state index in [0.717, 1.165) is 30.8 Å². The molecule has 1 aromatic heterocycles. The van der Waals surface area contributed by atoms with Crippen LogP contribution in [0.1, 0.15) is 17.7 Å². The van der Waals surface area contributed by atoms with E-state index >= 15 is 0 Å². The van der Waals surface area contributed by atoms with E-state index in [4.69, 9.17) is 0 Å². The Balaban J connectivity index is 2.18. The third-order valence-electron chi connectivity index (χ3n) is 2.73. The lowest BCUT2D eigenvalue weighted by Crippen LogP contribution is -2.10. The molecule has 0 aliphatic carbocycles. The third-order valence-corrected chi connectivity index (χ3v) is 2.73. The van der Waals surface area contributed by atoms with Crippen molar-refractivity contribution < 1.29 is 0 Å². The summed E-state index contributed by atoms with van der Waals surface area (Å²) in [5.74, 6) is 0. The van der Waals surface area contributed by atoms with Crippen molar-refractivity contribution in [2.45, 2.75) is 19.8 Å². The average Bonchev–Trinajstić information content (AvgIpc) is 2.78. The van der Waals surface area contributed by atoms with Crippen molar-refractivity contribution in [2.75, 3.05) is 13.6 Å². The predicted octanol–water partition coefficient (Wildman–Crippen LogP) is 1.73. The van der Waals surface area contributed by atoms with Crippen LogP contribution in [0.2, 0.25) is 0 Å². The minimum Gasteiger partial charge on any atom is -0.320 e. The van der Waals surface area contributed by atoms with Gasteiger partial charge in [0.25, 0.3) is 0 Å². The fourth-order valence-corrected chi connectivity index (χ4v) is 1.85. The predicted molar refractivity (Wildman–Crippen MR) is 68.3 cm³/mol. The Bertz CT molecular complexity index is 476. The van der Waals surface area contributed by atoms with E-state index in [-0.39, 0.29) is 0 Å². The maximum absolute atomic E-state index is 4.15. The number of rotatable bonds is 5. The van der Waals surface area contributed by atoms with E-state index in [2.05, 4.69) is 40.8 Å². The Kier molecular flexibility index (Phi) is 3.88. The summed E-state index contributed by atoms with van der Waals surface area (Å²) in [6, 6.07) is 8.31. The molecule has 4 heteroatoms. The molecule has 4 nitrogen and oxygen atoms in total. The molecule has 2 rings (SSSR count). The van der Waals surface area contributed by atoms with Crippen molar-refractivity contribution in [1.82, 2.24) is 20.3 Å². The van der Waals surface area contributed by atoms with Crippen LogP contribution in [0.4, 0.5) is 0 Å². The van der Waals surface area contributed by atoms with Crippen LogP contribution in [0, 0.1) is 6.92 Å². The van der Waals surface area contributed by atoms with Gasteiger partial charge in [-0.3, -0.25) is 0 Å². The molecule has 0 fully saturated rings. The average molecular weight is 230 g/mol. The first-order valence-electron chi connectivity index (χ1n) is 5.92. The van der Waals surface area contributed by atoms with Gasteiger partial charge < -0.3 is 5.32 Å². The highest BCUT2D eigenvalue weighted by molar-refractivity contribution is 5.35. The Morgan fingerprint density at radius 1 is 1.35 bits per heavy atom. The van der Waals surface area contributed by atoms with Crippen LogP contribution in [0.15, 0.2) is 30.5 Å². The maximum Gasteiger partial charge on any atom is 0.0729 e.